The zero-order valence-corrected chi connectivity index (χ0v) is 8.65. The molecule has 0 amide bonds. The van der Waals surface area contributed by atoms with Crippen LogP contribution in [0.1, 0.15) is 26.7 Å². The second-order valence-electron chi connectivity index (χ2n) is 2.80. The van der Waals surface area contributed by atoms with Gasteiger partial charge in [0.15, 0.2) is 0 Å². The Morgan fingerprint density at radius 3 is 2.14 bits per heavy atom. The lowest BCUT2D eigenvalue weighted by molar-refractivity contribution is -0.163. The number of methoxy groups -OCH3 is 1. The van der Waals surface area contributed by atoms with Crippen LogP contribution >= 0.6 is 0 Å². The first-order chi connectivity index (χ1) is 6.44. The molecule has 14 heavy (non-hydrogen) atoms. The molecule has 2 nitrogen and oxygen atoms in total. The SMILES string of the molecule is CCO[C](CC)C(CC(F)(F)F)OC. The van der Waals surface area contributed by atoms with Gasteiger partial charge < -0.3 is 9.47 Å². The highest BCUT2D eigenvalue weighted by atomic mass is 19.4. The van der Waals surface area contributed by atoms with E-state index in [-0.39, 0.29) is 0 Å². The van der Waals surface area contributed by atoms with E-state index in [1.807, 2.05) is 0 Å². The number of ether oxygens (including phenoxy) is 2. The molecule has 0 heterocycles. The number of rotatable bonds is 6. The fraction of sp³-hybridized carbons (Fsp3) is 0.889. The molecule has 0 aromatic carbocycles. The third-order valence-electron chi connectivity index (χ3n) is 1.74. The van der Waals surface area contributed by atoms with Crippen molar-refractivity contribution in [3.63, 3.8) is 0 Å². The summed E-state index contributed by atoms with van der Waals surface area (Å²) in [6, 6.07) is 0. The van der Waals surface area contributed by atoms with Crippen molar-refractivity contribution in [2.45, 2.75) is 39.0 Å². The van der Waals surface area contributed by atoms with Crippen molar-refractivity contribution in [2.24, 2.45) is 0 Å². The molecule has 0 rings (SSSR count). The largest absolute Gasteiger partial charge is 0.391 e. The van der Waals surface area contributed by atoms with Crippen LogP contribution in [0.3, 0.4) is 0 Å². The molecule has 0 bridgehead atoms. The maximum atomic E-state index is 12.1. The normalized spacial score (nSPS) is 14.8. The molecule has 0 aliphatic heterocycles. The first-order valence-corrected chi connectivity index (χ1v) is 4.52. The average molecular weight is 213 g/mol. The summed E-state index contributed by atoms with van der Waals surface area (Å²) in [5, 5.41) is 0. The van der Waals surface area contributed by atoms with Gasteiger partial charge in [-0.2, -0.15) is 13.2 Å². The topological polar surface area (TPSA) is 18.5 Å². The number of hydrogen-bond donors (Lipinski definition) is 0. The molecule has 0 spiro atoms. The smallest absolute Gasteiger partial charge is 0.378 e. The molecular formula is C9H16F3O2. The zero-order chi connectivity index (χ0) is 11.2. The molecule has 0 aromatic heterocycles. The maximum absolute atomic E-state index is 12.1. The summed E-state index contributed by atoms with van der Waals surface area (Å²) < 4.78 is 46.1. The standard InChI is InChI=1S/C9H16F3O2/c1-4-7(14-5-2)8(13-3)6-9(10,11)12/h8H,4-6H2,1-3H3. The first kappa shape index (κ1) is 13.7. The lowest BCUT2D eigenvalue weighted by Crippen LogP contribution is -2.29. The van der Waals surface area contributed by atoms with E-state index in [1.165, 1.54) is 7.11 Å². The summed E-state index contributed by atoms with van der Waals surface area (Å²) in [5.74, 6) is 0. The Morgan fingerprint density at radius 1 is 1.29 bits per heavy atom. The van der Waals surface area contributed by atoms with E-state index in [0.29, 0.717) is 19.1 Å². The third-order valence-corrected chi connectivity index (χ3v) is 1.74. The fourth-order valence-corrected chi connectivity index (χ4v) is 1.15. The van der Waals surface area contributed by atoms with E-state index in [1.54, 1.807) is 13.8 Å². The minimum absolute atomic E-state index is 0.354. The zero-order valence-electron chi connectivity index (χ0n) is 8.65. The van der Waals surface area contributed by atoms with Crippen LogP contribution < -0.4 is 0 Å². The molecule has 1 unspecified atom stereocenters. The Labute approximate surface area is 82.4 Å². The van der Waals surface area contributed by atoms with Crippen LogP contribution in [-0.4, -0.2) is 26.0 Å². The molecule has 85 valence electrons. The minimum Gasteiger partial charge on any atom is -0.378 e. The molecule has 0 saturated heterocycles. The van der Waals surface area contributed by atoms with Crippen LogP contribution in [0.25, 0.3) is 0 Å². The highest BCUT2D eigenvalue weighted by molar-refractivity contribution is 4.88. The van der Waals surface area contributed by atoms with Crippen molar-refractivity contribution >= 4 is 0 Å². The lowest BCUT2D eigenvalue weighted by atomic mass is 10.1. The van der Waals surface area contributed by atoms with Crippen molar-refractivity contribution in [3.05, 3.63) is 6.10 Å². The monoisotopic (exact) mass is 213 g/mol. The molecule has 0 aliphatic rings. The summed E-state index contributed by atoms with van der Waals surface area (Å²) in [5.41, 5.74) is 0. The van der Waals surface area contributed by atoms with E-state index in [9.17, 15) is 13.2 Å². The predicted octanol–water partition coefficient (Wildman–Crippen LogP) is 2.93. The molecule has 1 atom stereocenters. The summed E-state index contributed by atoms with van der Waals surface area (Å²) in [6.45, 7) is 3.84. The minimum atomic E-state index is -4.22. The molecule has 0 aromatic rings. The van der Waals surface area contributed by atoms with Gasteiger partial charge in [-0.05, 0) is 13.3 Å². The van der Waals surface area contributed by atoms with Gasteiger partial charge in [0, 0.05) is 13.7 Å². The quantitative estimate of drug-likeness (QED) is 0.675. The maximum Gasteiger partial charge on any atom is 0.391 e. The lowest BCUT2D eigenvalue weighted by Gasteiger charge is -2.24. The number of hydrogen-bond acceptors (Lipinski definition) is 2. The van der Waals surface area contributed by atoms with Gasteiger partial charge in [-0.15, -0.1) is 0 Å². The van der Waals surface area contributed by atoms with E-state index in [4.69, 9.17) is 9.47 Å². The Morgan fingerprint density at radius 2 is 1.86 bits per heavy atom. The average Bonchev–Trinajstić information content (AvgIpc) is 2.09. The van der Waals surface area contributed by atoms with Crippen molar-refractivity contribution in [3.8, 4) is 0 Å². The van der Waals surface area contributed by atoms with Crippen LogP contribution in [-0.2, 0) is 9.47 Å². The Kier molecular flexibility index (Phi) is 6.11. The van der Waals surface area contributed by atoms with E-state index < -0.39 is 18.7 Å². The van der Waals surface area contributed by atoms with Gasteiger partial charge in [-0.1, -0.05) is 6.92 Å². The number of alkyl halides is 3. The summed E-state index contributed by atoms with van der Waals surface area (Å²) >= 11 is 0. The van der Waals surface area contributed by atoms with Crippen molar-refractivity contribution < 1.29 is 22.6 Å². The highest BCUT2D eigenvalue weighted by Gasteiger charge is 2.36. The molecule has 0 aliphatic carbocycles. The summed E-state index contributed by atoms with van der Waals surface area (Å²) in [4.78, 5) is 0. The predicted molar refractivity (Wildman–Crippen MR) is 46.6 cm³/mol. The van der Waals surface area contributed by atoms with E-state index in [2.05, 4.69) is 0 Å². The Balaban J connectivity index is 4.21. The second kappa shape index (κ2) is 6.24. The number of halogens is 3. The van der Waals surface area contributed by atoms with Gasteiger partial charge in [0.2, 0.25) is 0 Å². The first-order valence-electron chi connectivity index (χ1n) is 4.52. The van der Waals surface area contributed by atoms with E-state index in [0.717, 1.165) is 0 Å². The fourth-order valence-electron chi connectivity index (χ4n) is 1.15. The van der Waals surface area contributed by atoms with Crippen molar-refractivity contribution in [1.29, 1.82) is 0 Å². The molecule has 1 radical (unpaired) electrons. The van der Waals surface area contributed by atoms with Crippen molar-refractivity contribution in [2.75, 3.05) is 13.7 Å². The molecule has 0 saturated carbocycles. The van der Waals surface area contributed by atoms with Crippen LogP contribution in [0.4, 0.5) is 13.2 Å². The summed E-state index contributed by atoms with van der Waals surface area (Å²) in [6.07, 6.45) is -5.42. The molecule has 0 fully saturated rings. The molecule has 5 heteroatoms. The summed E-state index contributed by atoms with van der Waals surface area (Å²) in [7, 11) is 1.26. The van der Waals surface area contributed by atoms with Gasteiger partial charge in [0.1, 0.15) is 6.10 Å². The van der Waals surface area contributed by atoms with Gasteiger partial charge in [-0.25, -0.2) is 0 Å². The molecular weight excluding hydrogens is 197 g/mol. The van der Waals surface area contributed by atoms with Gasteiger partial charge >= 0.3 is 6.18 Å². The van der Waals surface area contributed by atoms with Crippen LogP contribution in [0.5, 0.6) is 0 Å². The third kappa shape index (κ3) is 5.44. The van der Waals surface area contributed by atoms with Gasteiger partial charge in [0.25, 0.3) is 0 Å². The van der Waals surface area contributed by atoms with Crippen LogP contribution in [0.2, 0.25) is 0 Å². The van der Waals surface area contributed by atoms with Crippen LogP contribution in [0, 0.1) is 6.10 Å². The van der Waals surface area contributed by atoms with Gasteiger partial charge in [-0.3, -0.25) is 0 Å². The van der Waals surface area contributed by atoms with Gasteiger partial charge in [0.05, 0.1) is 12.5 Å². The van der Waals surface area contributed by atoms with Crippen molar-refractivity contribution in [1.82, 2.24) is 0 Å². The Bertz CT molecular complexity index is 147. The second-order valence-corrected chi connectivity index (χ2v) is 2.80. The Hall–Kier alpha value is -0.290. The van der Waals surface area contributed by atoms with Crippen LogP contribution in [0.15, 0.2) is 0 Å². The highest BCUT2D eigenvalue weighted by Crippen LogP contribution is 2.29. The molecule has 0 N–H and O–H groups in total. The van der Waals surface area contributed by atoms with E-state index >= 15 is 0 Å².